The van der Waals surface area contributed by atoms with Crippen molar-refractivity contribution in [2.75, 3.05) is 0 Å². The van der Waals surface area contributed by atoms with Crippen molar-refractivity contribution in [3.63, 3.8) is 0 Å². The highest BCUT2D eigenvalue weighted by molar-refractivity contribution is 6.05. The molecule has 3 heteroatoms. The number of unbranched alkanes of at least 4 members (excludes halogenated alkanes) is 2. The summed E-state index contributed by atoms with van der Waals surface area (Å²) in [5.74, 6) is 0.863. The predicted octanol–water partition coefficient (Wildman–Crippen LogP) is 3.28. The van der Waals surface area contributed by atoms with E-state index in [1.54, 1.807) is 0 Å². The Balaban J connectivity index is 2.08. The highest BCUT2D eigenvalue weighted by Gasteiger charge is 2.51. The molecule has 4 unspecified atom stereocenters. The normalized spacial score (nSPS) is 34.2. The Morgan fingerprint density at radius 2 is 1.32 bits per heavy atom. The van der Waals surface area contributed by atoms with Crippen LogP contribution in [0.25, 0.3) is 0 Å². The molecule has 2 rings (SSSR count). The molecule has 1 saturated carbocycles. The van der Waals surface area contributed by atoms with E-state index in [9.17, 15) is 9.59 Å². The van der Waals surface area contributed by atoms with Crippen LogP contribution in [0.3, 0.4) is 0 Å². The lowest BCUT2D eigenvalue weighted by Crippen LogP contribution is -2.36. The molecule has 2 aliphatic rings. The topological polar surface area (TPSA) is 46.2 Å². The molecule has 0 aromatic heterocycles. The van der Waals surface area contributed by atoms with Crippen LogP contribution in [-0.2, 0) is 9.59 Å². The van der Waals surface area contributed by atoms with Crippen molar-refractivity contribution in [1.82, 2.24) is 5.32 Å². The summed E-state index contributed by atoms with van der Waals surface area (Å²) in [7, 11) is 0. The summed E-state index contributed by atoms with van der Waals surface area (Å²) in [5, 5.41) is 2.59. The van der Waals surface area contributed by atoms with Crippen LogP contribution in [0.2, 0.25) is 0 Å². The number of hydrogen-bond acceptors (Lipinski definition) is 2. The van der Waals surface area contributed by atoms with Gasteiger partial charge in [-0.3, -0.25) is 14.9 Å². The molecule has 1 aliphatic heterocycles. The Labute approximate surface area is 116 Å². The zero-order valence-electron chi connectivity index (χ0n) is 12.3. The zero-order valence-corrected chi connectivity index (χ0v) is 12.3. The van der Waals surface area contributed by atoms with Crippen molar-refractivity contribution in [2.45, 2.75) is 65.2 Å². The van der Waals surface area contributed by atoms with E-state index in [0.717, 1.165) is 25.7 Å². The van der Waals surface area contributed by atoms with Crippen LogP contribution >= 0.6 is 0 Å². The molecule has 0 aromatic carbocycles. The first-order chi connectivity index (χ1) is 9.19. The second kappa shape index (κ2) is 6.53. The lowest BCUT2D eigenvalue weighted by molar-refractivity contribution is -0.126. The molecule has 1 N–H and O–H groups in total. The Hall–Kier alpha value is -0.860. The Kier molecular flexibility index (Phi) is 5.00. The lowest BCUT2D eigenvalue weighted by Gasteiger charge is -2.36. The third kappa shape index (κ3) is 3.01. The fourth-order valence-corrected chi connectivity index (χ4v) is 4.00. The van der Waals surface area contributed by atoms with Gasteiger partial charge in [-0.2, -0.15) is 0 Å². The van der Waals surface area contributed by atoms with Crippen LogP contribution < -0.4 is 5.32 Å². The van der Waals surface area contributed by atoms with E-state index in [0.29, 0.717) is 11.8 Å². The van der Waals surface area contributed by atoms with E-state index in [1.807, 2.05) is 0 Å². The van der Waals surface area contributed by atoms with Gasteiger partial charge in [-0.05, 0) is 37.5 Å². The van der Waals surface area contributed by atoms with Crippen LogP contribution in [0.5, 0.6) is 0 Å². The second-order valence-electron chi connectivity index (χ2n) is 6.29. The summed E-state index contributed by atoms with van der Waals surface area (Å²) >= 11 is 0. The molecule has 0 bridgehead atoms. The van der Waals surface area contributed by atoms with E-state index >= 15 is 0 Å². The number of fused-ring (bicyclic) bond motifs is 1. The summed E-state index contributed by atoms with van der Waals surface area (Å²) in [5.41, 5.74) is 0. The lowest BCUT2D eigenvalue weighted by atomic mass is 9.65. The van der Waals surface area contributed by atoms with Crippen LogP contribution in [0, 0.1) is 23.7 Å². The Morgan fingerprint density at radius 3 is 1.68 bits per heavy atom. The first kappa shape index (κ1) is 14.5. The quantitative estimate of drug-likeness (QED) is 0.749. The average Bonchev–Trinajstić information content (AvgIpc) is 2.71. The highest BCUT2D eigenvalue weighted by atomic mass is 16.2. The molecular formula is C16H27NO2. The van der Waals surface area contributed by atoms with Crippen molar-refractivity contribution in [3.8, 4) is 0 Å². The largest absolute Gasteiger partial charge is 0.296 e. The van der Waals surface area contributed by atoms with Gasteiger partial charge in [0.15, 0.2) is 0 Å². The number of carbonyl (C=O) groups is 2. The van der Waals surface area contributed by atoms with Gasteiger partial charge in [0, 0.05) is 0 Å². The highest BCUT2D eigenvalue weighted by Crippen LogP contribution is 2.45. The third-order valence-electron chi connectivity index (χ3n) is 5.02. The second-order valence-corrected chi connectivity index (χ2v) is 6.29. The molecule has 1 heterocycles. The summed E-state index contributed by atoms with van der Waals surface area (Å²) in [6, 6.07) is 0. The first-order valence-electron chi connectivity index (χ1n) is 8.03. The van der Waals surface area contributed by atoms with Gasteiger partial charge in [-0.25, -0.2) is 0 Å². The van der Waals surface area contributed by atoms with Gasteiger partial charge in [-0.1, -0.05) is 39.5 Å². The summed E-state index contributed by atoms with van der Waals surface area (Å²) in [4.78, 5) is 24.2. The minimum Gasteiger partial charge on any atom is -0.296 e. The van der Waals surface area contributed by atoms with Crippen LogP contribution in [-0.4, -0.2) is 11.8 Å². The molecule has 0 spiro atoms. The summed E-state index contributed by atoms with van der Waals surface area (Å²) < 4.78 is 0. The Morgan fingerprint density at radius 1 is 0.895 bits per heavy atom. The molecule has 0 aromatic rings. The fraction of sp³-hybridized carbons (Fsp3) is 0.875. The van der Waals surface area contributed by atoms with Gasteiger partial charge >= 0.3 is 0 Å². The molecular weight excluding hydrogens is 238 g/mol. The van der Waals surface area contributed by atoms with E-state index in [-0.39, 0.29) is 23.7 Å². The van der Waals surface area contributed by atoms with Crippen molar-refractivity contribution >= 4 is 11.8 Å². The minimum atomic E-state index is -0.0188. The molecule has 108 valence electrons. The first-order valence-corrected chi connectivity index (χ1v) is 8.03. The molecule has 2 amide bonds. The number of hydrogen-bond donors (Lipinski definition) is 1. The minimum absolute atomic E-state index is 0.0114. The molecule has 4 atom stereocenters. The van der Waals surface area contributed by atoms with Crippen molar-refractivity contribution in [3.05, 3.63) is 0 Å². The molecule has 3 nitrogen and oxygen atoms in total. The van der Waals surface area contributed by atoms with Crippen LogP contribution in [0.15, 0.2) is 0 Å². The van der Waals surface area contributed by atoms with E-state index in [4.69, 9.17) is 0 Å². The number of carbonyl (C=O) groups excluding carboxylic acids is 2. The van der Waals surface area contributed by atoms with E-state index in [2.05, 4.69) is 19.2 Å². The van der Waals surface area contributed by atoms with E-state index < -0.39 is 0 Å². The van der Waals surface area contributed by atoms with Gasteiger partial charge in [0.05, 0.1) is 11.8 Å². The average molecular weight is 265 g/mol. The standard InChI is InChI=1S/C16H27NO2/c1-3-5-7-11-9-10-12(8-6-4-2)14-13(11)15(18)17-16(14)19/h11-14H,3-10H2,1-2H3,(H,17,18,19). The number of nitrogens with one attached hydrogen (secondary N) is 1. The van der Waals surface area contributed by atoms with Gasteiger partial charge in [-0.15, -0.1) is 0 Å². The molecule has 1 aliphatic carbocycles. The smallest absolute Gasteiger partial charge is 0.230 e. The monoisotopic (exact) mass is 265 g/mol. The fourth-order valence-electron chi connectivity index (χ4n) is 4.00. The van der Waals surface area contributed by atoms with E-state index in [1.165, 1.54) is 25.7 Å². The molecule has 19 heavy (non-hydrogen) atoms. The maximum Gasteiger partial charge on any atom is 0.230 e. The maximum atomic E-state index is 12.1. The number of rotatable bonds is 6. The summed E-state index contributed by atoms with van der Waals surface area (Å²) in [6.45, 7) is 4.37. The maximum absolute atomic E-state index is 12.1. The van der Waals surface area contributed by atoms with Gasteiger partial charge < -0.3 is 0 Å². The van der Waals surface area contributed by atoms with Crippen molar-refractivity contribution in [1.29, 1.82) is 0 Å². The van der Waals surface area contributed by atoms with Gasteiger partial charge in [0.1, 0.15) is 0 Å². The van der Waals surface area contributed by atoms with Crippen molar-refractivity contribution < 1.29 is 9.59 Å². The van der Waals surface area contributed by atoms with Gasteiger partial charge in [0.25, 0.3) is 0 Å². The number of imide groups is 1. The zero-order chi connectivity index (χ0) is 13.8. The van der Waals surface area contributed by atoms with Crippen LogP contribution in [0.1, 0.15) is 65.2 Å². The third-order valence-corrected chi connectivity index (χ3v) is 5.02. The SMILES string of the molecule is CCCCC1CCC(CCCC)C2C(=O)NC(=O)C12. The molecule has 2 fully saturated rings. The Bertz CT molecular complexity index is 308. The number of amides is 2. The molecule has 1 saturated heterocycles. The predicted molar refractivity (Wildman–Crippen MR) is 75.4 cm³/mol. The molecule has 0 radical (unpaired) electrons. The van der Waals surface area contributed by atoms with Crippen LogP contribution in [0.4, 0.5) is 0 Å². The van der Waals surface area contributed by atoms with Crippen molar-refractivity contribution in [2.24, 2.45) is 23.7 Å². The van der Waals surface area contributed by atoms with Gasteiger partial charge in [0.2, 0.25) is 11.8 Å². The summed E-state index contributed by atoms with van der Waals surface area (Å²) in [6.07, 6.45) is 9.18.